The molecule has 0 atom stereocenters. The van der Waals surface area contributed by atoms with E-state index >= 15 is 0 Å². The minimum Gasteiger partial charge on any atom is -0.496 e. The van der Waals surface area contributed by atoms with E-state index in [1.165, 1.54) is 6.92 Å². The maximum atomic E-state index is 12.1. The van der Waals surface area contributed by atoms with E-state index in [-0.39, 0.29) is 18.2 Å². The Morgan fingerprint density at radius 1 is 1.47 bits per heavy atom. The molecule has 0 saturated carbocycles. The lowest BCUT2D eigenvalue weighted by atomic mass is 9.98. The second-order valence-corrected chi connectivity index (χ2v) is 4.17. The van der Waals surface area contributed by atoms with E-state index < -0.39 is 0 Å². The number of carbonyl (C=O) groups excluding carboxylic acids is 2. The number of methoxy groups -OCH3 is 1. The lowest BCUT2D eigenvalue weighted by Crippen LogP contribution is -2.40. The van der Waals surface area contributed by atoms with Gasteiger partial charge >= 0.3 is 0 Å². The lowest BCUT2D eigenvalue weighted by Gasteiger charge is -2.28. The number of carbonyl (C=O) groups is 2. The van der Waals surface area contributed by atoms with Gasteiger partial charge in [-0.25, -0.2) is 0 Å². The van der Waals surface area contributed by atoms with Gasteiger partial charge in [0, 0.05) is 17.7 Å². The van der Waals surface area contributed by atoms with Crippen LogP contribution in [0.1, 0.15) is 22.8 Å². The summed E-state index contributed by atoms with van der Waals surface area (Å²) in [5.41, 5.74) is 1.59. The number of amides is 1. The molecule has 0 bridgehead atoms. The zero-order valence-corrected chi connectivity index (χ0v) is 10.0. The second kappa shape index (κ2) is 4.57. The van der Waals surface area contributed by atoms with Crippen LogP contribution in [0.3, 0.4) is 0 Å². The predicted molar refractivity (Wildman–Crippen MR) is 63.3 cm³/mol. The molecule has 4 nitrogen and oxygen atoms in total. The zero-order chi connectivity index (χ0) is 12.4. The van der Waals surface area contributed by atoms with Gasteiger partial charge < -0.3 is 9.64 Å². The highest BCUT2D eigenvalue weighted by atomic mass is 16.5. The average molecular weight is 233 g/mol. The van der Waals surface area contributed by atoms with E-state index in [0.29, 0.717) is 12.1 Å². The van der Waals surface area contributed by atoms with Crippen molar-refractivity contribution < 1.29 is 14.3 Å². The molecule has 0 N–H and O–H groups in total. The van der Waals surface area contributed by atoms with Crippen LogP contribution < -0.4 is 4.74 Å². The number of ketones is 1. The molecule has 0 aromatic heterocycles. The lowest BCUT2D eigenvalue weighted by molar-refractivity contribution is -0.117. The summed E-state index contributed by atoms with van der Waals surface area (Å²) < 4.78 is 5.24. The van der Waals surface area contributed by atoms with Gasteiger partial charge in [0.15, 0.2) is 0 Å². The van der Waals surface area contributed by atoms with Crippen molar-refractivity contribution in [3.63, 3.8) is 0 Å². The van der Waals surface area contributed by atoms with Crippen molar-refractivity contribution in [2.45, 2.75) is 13.3 Å². The summed E-state index contributed by atoms with van der Waals surface area (Å²) in [5, 5.41) is 0. The first-order valence-electron chi connectivity index (χ1n) is 5.58. The van der Waals surface area contributed by atoms with Crippen molar-refractivity contribution in [2.24, 2.45) is 0 Å². The Hall–Kier alpha value is -1.84. The third-order valence-electron chi connectivity index (χ3n) is 2.92. The number of benzene rings is 1. The summed E-state index contributed by atoms with van der Waals surface area (Å²) >= 11 is 0. The predicted octanol–water partition coefficient (Wildman–Crippen LogP) is 1.28. The fourth-order valence-corrected chi connectivity index (χ4v) is 2.15. The zero-order valence-electron chi connectivity index (χ0n) is 10.0. The third kappa shape index (κ3) is 2.16. The van der Waals surface area contributed by atoms with Gasteiger partial charge in [-0.1, -0.05) is 6.07 Å². The summed E-state index contributed by atoms with van der Waals surface area (Å²) in [6.07, 6.45) is 0.734. The molecule has 0 unspecified atom stereocenters. The van der Waals surface area contributed by atoms with Crippen molar-refractivity contribution in [2.75, 3.05) is 20.2 Å². The summed E-state index contributed by atoms with van der Waals surface area (Å²) in [7, 11) is 1.60. The van der Waals surface area contributed by atoms with E-state index in [1.807, 2.05) is 6.07 Å². The summed E-state index contributed by atoms with van der Waals surface area (Å²) in [6, 6.07) is 5.44. The van der Waals surface area contributed by atoms with E-state index in [1.54, 1.807) is 24.1 Å². The van der Waals surface area contributed by atoms with E-state index in [0.717, 1.165) is 17.7 Å². The Kier molecular flexibility index (Phi) is 3.13. The Labute approximate surface area is 100 Å². The molecule has 1 aliphatic heterocycles. The highest BCUT2D eigenvalue weighted by Gasteiger charge is 2.26. The molecule has 1 aromatic carbocycles. The van der Waals surface area contributed by atoms with E-state index in [4.69, 9.17) is 4.74 Å². The fraction of sp³-hybridized carbons (Fsp3) is 0.385. The van der Waals surface area contributed by atoms with Gasteiger partial charge in [0.2, 0.25) is 0 Å². The van der Waals surface area contributed by atoms with Crippen molar-refractivity contribution in [3.8, 4) is 5.75 Å². The van der Waals surface area contributed by atoms with Gasteiger partial charge in [-0.3, -0.25) is 9.59 Å². The van der Waals surface area contributed by atoms with Crippen molar-refractivity contribution in [1.29, 1.82) is 0 Å². The van der Waals surface area contributed by atoms with Gasteiger partial charge in [-0.2, -0.15) is 0 Å². The second-order valence-electron chi connectivity index (χ2n) is 4.17. The molecule has 90 valence electrons. The number of hydrogen-bond acceptors (Lipinski definition) is 3. The molecule has 17 heavy (non-hydrogen) atoms. The van der Waals surface area contributed by atoms with Crippen LogP contribution in [0.15, 0.2) is 18.2 Å². The highest BCUT2D eigenvalue weighted by Crippen LogP contribution is 2.27. The Morgan fingerprint density at radius 3 is 2.88 bits per heavy atom. The van der Waals surface area contributed by atoms with E-state index in [2.05, 4.69) is 0 Å². The summed E-state index contributed by atoms with van der Waals surface area (Å²) in [5.74, 6) is 0.670. The van der Waals surface area contributed by atoms with Gasteiger partial charge in [-0.05, 0) is 25.5 Å². The highest BCUT2D eigenvalue weighted by molar-refractivity contribution is 5.99. The normalized spacial score (nSPS) is 14.5. The minimum atomic E-state index is -0.0830. The fourth-order valence-electron chi connectivity index (χ4n) is 2.15. The van der Waals surface area contributed by atoms with Crippen LogP contribution >= 0.6 is 0 Å². The van der Waals surface area contributed by atoms with Gasteiger partial charge in [-0.15, -0.1) is 0 Å². The Morgan fingerprint density at radius 2 is 2.24 bits per heavy atom. The van der Waals surface area contributed by atoms with Crippen LogP contribution in [-0.2, 0) is 11.2 Å². The number of rotatable bonds is 3. The molecular formula is C13H15NO3. The maximum absolute atomic E-state index is 12.1. The molecule has 1 aliphatic rings. The first-order valence-corrected chi connectivity index (χ1v) is 5.58. The third-order valence-corrected chi connectivity index (χ3v) is 2.92. The smallest absolute Gasteiger partial charge is 0.254 e. The quantitative estimate of drug-likeness (QED) is 0.790. The van der Waals surface area contributed by atoms with Crippen LogP contribution in [-0.4, -0.2) is 36.8 Å². The van der Waals surface area contributed by atoms with Crippen LogP contribution in [0.2, 0.25) is 0 Å². The molecule has 4 heteroatoms. The minimum absolute atomic E-state index is 0.00435. The maximum Gasteiger partial charge on any atom is 0.254 e. The molecule has 1 aromatic rings. The molecule has 1 heterocycles. The van der Waals surface area contributed by atoms with Crippen LogP contribution in [0, 0.1) is 0 Å². The van der Waals surface area contributed by atoms with Crippen molar-refractivity contribution >= 4 is 11.7 Å². The van der Waals surface area contributed by atoms with E-state index in [9.17, 15) is 9.59 Å². The Balaban J connectivity index is 2.33. The summed E-state index contributed by atoms with van der Waals surface area (Å²) in [6.45, 7) is 2.26. The number of ether oxygens (including phenoxy) is 1. The van der Waals surface area contributed by atoms with Gasteiger partial charge in [0.25, 0.3) is 5.91 Å². The van der Waals surface area contributed by atoms with Crippen molar-refractivity contribution in [3.05, 3.63) is 29.3 Å². The molecular weight excluding hydrogens is 218 g/mol. The molecule has 2 rings (SSSR count). The van der Waals surface area contributed by atoms with Gasteiger partial charge in [0.05, 0.1) is 13.7 Å². The molecule has 0 spiro atoms. The number of Topliss-reactive ketones (excluding diaryl/α,β-unsaturated/α-hetero) is 1. The SMILES string of the molecule is COc1cccc2c1CCN(CC(C)=O)C2=O. The summed E-state index contributed by atoms with van der Waals surface area (Å²) in [4.78, 5) is 24.8. The molecule has 0 saturated heterocycles. The molecule has 0 radical (unpaired) electrons. The number of nitrogens with zero attached hydrogens (tertiary/aromatic N) is 1. The van der Waals surface area contributed by atoms with Gasteiger partial charge in [0.1, 0.15) is 11.5 Å². The van der Waals surface area contributed by atoms with Crippen LogP contribution in [0.25, 0.3) is 0 Å². The first kappa shape index (κ1) is 11.6. The number of hydrogen-bond donors (Lipinski definition) is 0. The first-order chi connectivity index (χ1) is 8.13. The molecule has 0 aliphatic carbocycles. The Bertz CT molecular complexity index is 468. The largest absolute Gasteiger partial charge is 0.496 e. The monoisotopic (exact) mass is 233 g/mol. The molecule has 0 fully saturated rings. The van der Waals surface area contributed by atoms with Crippen LogP contribution in [0.5, 0.6) is 5.75 Å². The topological polar surface area (TPSA) is 46.6 Å². The average Bonchev–Trinajstić information content (AvgIpc) is 2.31. The standard InChI is InChI=1S/C13H15NO3/c1-9(15)8-14-7-6-10-11(13(14)16)4-3-5-12(10)17-2/h3-5H,6-8H2,1-2H3. The van der Waals surface area contributed by atoms with Crippen molar-refractivity contribution in [1.82, 2.24) is 4.90 Å². The number of fused-ring (bicyclic) bond motifs is 1. The van der Waals surface area contributed by atoms with Crippen LogP contribution in [0.4, 0.5) is 0 Å². The molecule has 1 amide bonds.